The molecular weight excluding hydrogens is 356 g/mol. The molecule has 0 aliphatic rings. The SMILES string of the molecule is Cc1cccc(-c2noc(COc3ccc(CCC(=O)O)cc3Cl)n2)c1. The van der Waals surface area contributed by atoms with Crippen LogP contribution in [-0.2, 0) is 17.8 Å². The molecule has 0 atom stereocenters. The molecule has 0 aliphatic carbocycles. The van der Waals surface area contributed by atoms with Crippen LogP contribution in [0.1, 0.15) is 23.4 Å². The fraction of sp³-hybridized carbons (Fsp3) is 0.211. The molecule has 2 aromatic carbocycles. The maximum atomic E-state index is 10.6. The van der Waals surface area contributed by atoms with Crippen LogP contribution < -0.4 is 4.74 Å². The summed E-state index contributed by atoms with van der Waals surface area (Å²) < 4.78 is 10.8. The molecule has 0 aliphatic heterocycles. The number of ether oxygens (including phenoxy) is 1. The molecule has 0 saturated heterocycles. The number of aliphatic carboxylic acids is 1. The van der Waals surface area contributed by atoms with Crippen molar-refractivity contribution in [1.82, 2.24) is 10.1 Å². The first-order chi connectivity index (χ1) is 12.5. The second-order valence-corrected chi connectivity index (χ2v) is 6.24. The van der Waals surface area contributed by atoms with Crippen LogP contribution in [0.4, 0.5) is 0 Å². The van der Waals surface area contributed by atoms with Crippen LogP contribution in [0.25, 0.3) is 11.4 Å². The van der Waals surface area contributed by atoms with Crippen molar-refractivity contribution in [2.24, 2.45) is 0 Å². The highest BCUT2D eigenvalue weighted by molar-refractivity contribution is 6.32. The highest BCUT2D eigenvalue weighted by atomic mass is 35.5. The molecule has 0 bridgehead atoms. The van der Waals surface area contributed by atoms with Gasteiger partial charge < -0.3 is 14.4 Å². The Balaban J connectivity index is 1.63. The average Bonchev–Trinajstić information content (AvgIpc) is 3.08. The van der Waals surface area contributed by atoms with E-state index in [1.54, 1.807) is 18.2 Å². The summed E-state index contributed by atoms with van der Waals surface area (Å²) in [5, 5.41) is 13.1. The van der Waals surface area contributed by atoms with E-state index in [1.165, 1.54) is 0 Å². The standard InChI is InChI=1S/C19H17ClN2O4/c1-12-3-2-4-14(9-12)19-21-17(26-22-19)11-25-16-7-5-13(10-15(16)20)6-8-18(23)24/h2-5,7,9-10H,6,8,11H2,1H3,(H,23,24). The Hall–Kier alpha value is -2.86. The Labute approximate surface area is 155 Å². The van der Waals surface area contributed by atoms with Crippen molar-refractivity contribution in [3.63, 3.8) is 0 Å². The van der Waals surface area contributed by atoms with Crippen LogP contribution in [0.15, 0.2) is 47.0 Å². The molecular formula is C19H17ClN2O4. The number of nitrogens with zero attached hydrogens (tertiary/aromatic N) is 2. The van der Waals surface area contributed by atoms with Crippen molar-refractivity contribution in [3.8, 4) is 17.1 Å². The third-order valence-corrected chi connectivity index (χ3v) is 4.01. The van der Waals surface area contributed by atoms with Crippen molar-refractivity contribution in [2.75, 3.05) is 0 Å². The Morgan fingerprint density at radius 1 is 1.27 bits per heavy atom. The van der Waals surface area contributed by atoms with Gasteiger partial charge >= 0.3 is 5.97 Å². The summed E-state index contributed by atoms with van der Waals surface area (Å²) in [5.74, 6) is 0.471. The fourth-order valence-corrected chi connectivity index (χ4v) is 2.68. The maximum Gasteiger partial charge on any atom is 0.303 e. The van der Waals surface area contributed by atoms with Gasteiger partial charge in [-0.15, -0.1) is 0 Å². The first-order valence-electron chi connectivity index (χ1n) is 8.04. The molecule has 0 amide bonds. The van der Waals surface area contributed by atoms with E-state index >= 15 is 0 Å². The first kappa shape index (κ1) is 17.9. The van der Waals surface area contributed by atoms with Gasteiger partial charge in [0.2, 0.25) is 5.82 Å². The number of rotatable bonds is 7. The van der Waals surface area contributed by atoms with E-state index in [4.69, 9.17) is 26.0 Å². The largest absolute Gasteiger partial charge is 0.482 e. The van der Waals surface area contributed by atoms with Crippen LogP contribution in [0, 0.1) is 6.92 Å². The van der Waals surface area contributed by atoms with Crippen LogP contribution >= 0.6 is 11.6 Å². The van der Waals surface area contributed by atoms with Gasteiger partial charge in [-0.25, -0.2) is 0 Å². The van der Waals surface area contributed by atoms with E-state index in [0.717, 1.165) is 16.7 Å². The lowest BCUT2D eigenvalue weighted by molar-refractivity contribution is -0.136. The highest BCUT2D eigenvalue weighted by Gasteiger charge is 2.11. The van der Waals surface area contributed by atoms with E-state index in [9.17, 15) is 4.79 Å². The molecule has 7 heteroatoms. The summed E-state index contributed by atoms with van der Waals surface area (Å²) in [7, 11) is 0. The number of hydrogen-bond donors (Lipinski definition) is 1. The number of carbonyl (C=O) groups is 1. The third kappa shape index (κ3) is 4.61. The number of aromatic nitrogens is 2. The highest BCUT2D eigenvalue weighted by Crippen LogP contribution is 2.27. The van der Waals surface area contributed by atoms with Gasteiger partial charge in [0.1, 0.15) is 5.75 Å². The van der Waals surface area contributed by atoms with Crippen molar-refractivity contribution < 1.29 is 19.2 Å². The molecule has 0 saturated carbocycles. The topological polar surface area (TPSA) is 85.5 Å². The average molecular weight is 373 g/mol. The lowest BCUT2D eigenvalue weighted by atomic mass is 10.1. The Kier molecular flexibility index (Phi) is 5.53. The van der Waals surface area contributed by atoms with Gasteiger partial charge in [-0.3, -0.25) is 4.79 Å². The Morgan fingerprint density at radius 2 is 2.12 bits per heavy atom. The van der Waals surface area contributed by atoms with Crippen LogP contribution in [0.2, 0.25) is 5.02 Å². The number of halogens is 1. The summed E-state index contributed by atoms with van der Waals surface area (Å²) in [5.41, 5.74) is 2.82. The van der Waals surface area contributed by atoms with Crippen LogP contribution in [0.5, 0.6) is 5.75 Å². The predicted molar refractivity (Wildman–Crippen MR) is 96.2 cm³/mol. The normalized spacial score (nSPS) is 10.7. The molecule has 1 heterocycles. The summed E-state index contributed by atoms with van der Waals surface area (Å²) >= 11 is 6.19. The molecule has 26 heavy (non-hydrogen) atoms. The van der Waals surface area contributed by atoms with E-state index in [2.05, 4.69) is 10.1 Å². The van der Waals surface area contributed by atoms with Crippen molar-refractivity contribution in [3.05, 3.63) is 64.5 Å². The molecule has 0 radical (unpaired) electrons. The summed E-state index contributed by atoms with van der Waals surface area (Å²) in [6.07, 6.45) is 0.471. The summed E-state index contributed by atoms with van der Waals surface area (Å²) in [4.78, 5) is 14.9. The van der Waals surface area contributed by atoms with Gasteiger partial charge in [0.15, 0.2) is 6.61 Å². The molecule has 3 rings (SSSR count). The quantitative estimate of drug-likeness (QED) is 0.665. The predicted octanol–water partition coefficient (Wildman–Crippen LogP) is 4.29. The fourth-order valence-electron chi connectivity index (χ4n) is 2.42. The molecule has 3 aromatic rings. The zero-order chi connectivity index (χ0) is 18.5. The van der Waals surface area contributed by atoms with Gasteiger partial charge in [-0.2, -0.15) is 4.98 Å². The second-order valence-electron chi connectivity index (χ2n) is 5.83. The zero-order valence-corrected chi connectivity index (χ0v) is 14.9. The molecule has 0 spiro atoms. The molecule has 1 aromatic heterocycles. The van der Waals surface area contributed by atoms with Gasteiger partial charge in [0.05, 0.1) is 5.02 Å². The zero-order valence-electron chi connectivity index (χ0n) is 14.1. The number of hydrogen-bond acceptors (Lipinski definition) is 5. The lowest BCUT2D eigenvalue weighted by Crippen LogP contribution is -1.99. The lowest BCUT2D eigenvalue weighted by Gasteiger charge is -2.07. The van der Waals surface area contributed by atoms with Crippen molar-refractivity contribution >= 4 is 17.6 Å². The summed E-state index contributed by atoms with van der Waals surface area (Å²) in [6.45, 7) is 2.09. The number of carboxylic acids is 1. The van der Waals surface area contributed by atoms with E-state index in [1.807, 2.05) is 31.2 Å². The molecule has 1 N–H and O–H groups in total. The summed E-state index contributed by atoms with van der Waals surface area (Å²) in [6, 6.07) is 13.0. The molecule has 6 nitrogen and oxygen atoms in total. The third-order valence-electron chi connectivity index (χ3n) is 3.72. The molecule has 0 fully saturated rings. The van der Waals surface area contributed by atoms with E-state index in [-0.39, 0.29) is 13.0 Å². The van der Waals surface area contributed by atoms with Crippen LogP contribution in [-0.4, -0.2) is 21.2 Å². The Bertz CT molecular complexity index is 923. The number of carboxylic acid groups (broad SMARTS) is 1. The minimum Gasteiger partial charge on any atom is -0.482 e. The van der Waals surface area contributed by atoms with Crippen molar-refractivity contribution in [2.45, 2.75) is 26.4 Å². The van der Waals surface area contributed by atoms with E-state index < -0.39 is 5.97 Å². The minimum absolute atomic E-state index is 0.0558. The Morgan fingerprint density at radius 3 is 2.85 bits per heavy atom. The molecule has 0 unspecified atom stereocenters. The smallest absolute Gasteiger partial charge is 0.303 e. The van der Waals surface area contributed by atoms with E-state index in [0.29, 0.717) is 28.9 Å². The molecule has 134 valence electrons. The maximum absolute atomic E-state index is 10.6. The second kappa shape index (κ2) is 8.01. The monoisotopic (exact) mass is 372 g/mol. The minimum atomic E-state index is -0.845. The first-order valence-corrected chi connectivity index (χ1v) is 8.42. The van der Waals surface area contributed by atoms with Crippen molar-refractivity contribution in [1.29, 1.82) is 0 Å². The van der Waals surface area contributed by atoms with Gasteiger partial charge in [-0.05, 0) is 37.1 Å². The van der Waals surface area contributed by atoms with Gasteiger partial charge in [0.25, 0.3) is 5.89 Å². The van der Waals surface area contributed by atoms with Crippen LogP contribution in [0.3, 0.4) is 0 Å². The van der Waals surface area contributed by atoms with Gasteiger partial charge in [0, 0.05) is 12.0 Å². The van der Waals surface area contributed by atoms with Gasteiger partial charge in [-0.1, -0.05) is 46.6 Å². The number of benzene rings is 2. The number of aryl methyl sites for hydroxylation is 2.